The summed E-state index contributed by atoms with van der Waals surface area (Å²) in [4.78, 5) is 11.4. The maximum Gasteiger partial charge on any atom is 1.00 e. The van der Waals surface area contributed by atoms with Crippen molar-refractivity contribution in [2.75, 3.05) is 14.2 Å². The van der Waals surface area contributed by atoms with E-state index >= 15 is 0 Å². The number of benzene rings is 2. The zero-order valence-electron chi connectivity index (χ0n) is 16.0. The average molecular weight is 375 g/mol. The molecule has 0 amide bonds. The van der Waals surface area contributed by atoms with Gasteiger partial charge in [-0.15, -0.1) is 0 Å². The minimum Gasteiger partial charge on any atom is -0.545 e. The third-order valence-electron chi connectivity index (χ3n) is 4.40. The summed E-state index contributed by atoms with van der Waals surface area (Å²) in [7, 11) is 3.02. The number of hydrogen-bond donors (Lipinski definition) is 0. The molecular formula is C20H18NNaO5. The van der Waals surface area contributed by atoms with Gasteiger partial charge in [-0.05, 0) is 54.8 Å². The molecule has 27 heavy (non-hydrogen) atoms. The van der Waals surface area contributed by atoms with Crippen LogP contribution in [0.2, 0.25) is 0 Å². The molecule has 1 heterocycles. The summed E-state index contributed by atoms with van der Waals surface area (Å²) in [5, 5.41) is 15.3. The first-order chi connectivity index (χ1) is 12.5. The molecule has 0 spiro atoms. The third kappa shape index (κ3) is 4.03. The molecule has 0 atom stereocenters. The molecule has 134 valence electrons. The Morgan fingerprint density at radius 3 is 2.37 bits per heavy atom. The summed E-state index contributed by atoms with van der Waals surface area (Å²) in [6, 6.07) is 8.67. The smallest absolute Gasteiger partial charge is 0.545 e. The number of carboxylic acids is 1. The Morgan fingerprint density at radius 2 is 1.74 bits per heavy atom. The van der Waals surface area contributed by atoms with Gasteiger partial charge < -0.3 is 23.9 Å². The van der Waals surface area contributed by atoms with E-state index in [1.54, 1.807) is 25.4 Å². The van der Waals surface area contributed by atoms with E-state index in [0.717, 1.165) is 22.4 Å². The summed E-state index contributed by atoms with van der Waals surface area (Å²) >= 11 is 0. The van der Waals surface area contributed by atoms with Crippen LogP contribution in [0, 0.1) is 13.8 Å². The quantitative estimate of drug-likeness (QED) is 0.584. The summed E-state index contributed by atoms with van der Waals surface area (Å²) in [5.41, 5.74) is 4.16. The molecule has 0 radical (unpaired) electrons. The summed E-state index contributed by atoms with van der Waals surface area (Å²) in [6.45, 7) is 3.97. The molecule has 3 aromatic rings. The monoisotopic (exact) mass is 375 g/mol. The predicted octanol–water partition coefficient (Wildman–Crippen LogP) is 0.0101. The van der Waals surface area contributed by atoms with Gasteiger partial charge >= 0.3 is 29.6 Å². The van der Waals surface area contributed by atoms with Gasteiger partial charge in [0.2, 0.25) is 0 Å². The first kappa shape index (κ1) is 21.0. The first-order valence-corrected chi connectivity index (χ1v) is 7.96. The van der Waals surface area contributed by atoms with Crippen molar-refractivity contribution in [2.24, 2.45) is 0 Å². The van der Waals surface area contributed by atoms with Crippen molar-refractivity contribution in [3.63, 3.8) is 0 Å². The van der Waals surface area contributed by atoms with Crippen molar-refractivity contribution in [3.05, 3.63) is 53.2 Å². The number of ether oxygens (including phenoxy) is 2. The molecule has 0 saturated heterocycles. The topological polar surface area (TPSA) is 84.6 Å². The Hall–Kier alpha value is -2.28. The number of aromatic carboxylic acids is 1. The number of hydrogen-bond acceptors (Lipinski definition) is 6. The molecule has 0 aliphatic carbocycles. The predicted molar refractivity (Wildman–Crippen MR) is 94.3 cm³/mol. The van der Waals surface area contributed by atoms with E-state index in [1.165, 1.54) is 13.2 Å². The Kier molecular flexibility index (Phi) is 6.70. The van der Waals surface area contributed by atoms with Gasteiger partial charge in [0.1, 0.15) is 11.5 Å². The van der Waals surface area contributed by atoms with E-state index in [2.05, 4.69) is 5.16 Å². The van der Waals surface area contributed by atoms with Crippen LogP contribution in [0.25, 0.3) is 22.5 Å². The molecule has 7 heteroatoms. The summed E-state index contributed by atoms with van der Waals surface area (Å²) in [6.07, 6.45) is 1.55. The van der Waals surface area contributed by atoms with E-state index in [4.69, 9.17) is 14.0 Å². The molecule has 0 saturated carbocycles. The minimum atomic E-state index is -1.31. The zero-order chi connectivity index (χ0) is 18.8. The number of rotatable bonds is 5. The Bertz CT molecular complexity index is 980. The van der Waals surface area contributed by atoms with Crippen molar-refractivity contribution in [1.82, 2.24) is 5.16 Å². The van der Waals surface area contributed by atoms with Gasteiger partial charge in [-0.25, -0.2) is 0 Å². The number of nitrogens with zero attached hydrogens (tertiary/aromatic N) is 1. The second-order valence-corrected chi connectivity index (χ2v) is 5.89. The van der Waals surface area contributed by atoms with Gasteiger partial charge in [-0.1, -0.05) is 11.2 Å². The maximum absolute atomic E-state index is 11.4. The van der Waals surface area contributed by atoms with Crippen LogP contribution < -0.4 is 44.1 Å². The number of carbonyl (C=O) groups excluding carboxylic acids is 1. The standard InChI is InChI=1S/C20H19NO5.Na/c1-11-7-14(9-18(25-4)12(11)2)19-16(10-21-26-19)13-5-6-17(24-3)15(8-13)20(22)23;/h5-10H,1-4H3,(H,22,23);/q;+1/p-1. The fourth-order valence-electron chi connectivity index (χ4n) is 2.86. The Balaban J connectivity index is 0.00000261. The van der Waals surface area contributed by atoms with Crippen molar-refractivity contribution in [3.8, 4) is 33.9 Å². The fourth-order valence-corrected chi connectivity index (χ4v) is 2.86. The maximum atomic E-state index is 11.4. The van der Waals surface area contributed by atoms with E-state index < -0.39 is 5.97 Å². The summed E-state index contributed by atoms with van der Waals surface area (Å²) < 4.78 is 16.0. The van der Waals surface area contributed by atoms with Crippen molar-refractivity contribution in [1.29, 1.82) is 0 Å². The Labute approximate surface area is 179 Å². The van der Waals surface area contributed by atoms with Crippen molar-refractivity contribution in [2.45, 2.75) is 13.8 Å². The molecule has 0 fully saturated rings. The van der Waals surface area contributed by atoms with E-state index in [-0.39, 0.29) is 40.9 Å². The zero-order valence-corrected chi connectivity index (χ0v) is 18.0. The van der Waals surface area contributed by atoms with E-state index in [9.17, 15) is 9.90 Å². The number of carboxylic acid groups (broad SMARTS) is 1. The molecule has 0 unspecified atom stereocenters. The van der Waals surface area contributed by atoms with Crippen LogP contribution in [0.3, 0.4) is 0 Å². The third-order valence-corrected chi connectivity index (χ3v) is 4.40. The molecule has 2 aromatic carbocycles. The Morgan fingerprint density at radius 1 is 1.04 bits per heavy atom. The van der Waals surface area contributed by atoms with Crippen LogP contribution in [-0.2, 0) is 0 Å². The van der Waals surface area contributed by atoms with E-state index in [0.29, 0.717) is 16.9 Å². The molecule has 0 aliphatic rings. The van der Waals surface area contributed by atoms with Crippen LogP contribution in [0.15, 0.2) is 41.1 Å². The molecule has 3 rings (SSSR count). The van der Waals surface area contributed by atoms with Crippen molar-refractivity contribution < 1.29 is 53.5 Å². The largest absolute Gasteiger partial charge is 1.00 e. The van der Waals surface area contributed by atoms with Crippen LogP contribution in [0.1, 0.15) is 21.5 Å². The normalized spacial score (nSPS) is 10.2. The van der Waals surface area contributed by atoms with E-state index in [1.807, 2.05) is 26.0 Å². The van der Waals surface area contributed by atoms with Gasteiger partial charge in [0, 0.05) is 16.7 Å². The number of methoxy groups -OCH3 is 2. The van der Waals surface area contributed by atoms with Gasteiger partial charge in [0.15, 0.2) is 5.76 Å². The van der Waals surface area contributed by atoms with Gasteiger partial charge in [0.25, 0.3) is 0 Å². The second-order valence-electron chi connectivity index (χ2n) is 5.89. The van der Waals surface area contributed by atoms with Crippen molar-refractivity contribution >= 4 is 5.97 Å². The SMILES string of the molecule is COc1ccc(-c2cnoc2-c2cc(C)c(C)c(OC)c2)cc1C(=O)[O-].[Na+]. The molecule has 6 nitrogen and oxygen atoms in total. The number of aryl methyl sites for hydroxylation is 1. The molecule has 0 N–H and O–H groups in total. The van der Waals surface area contributed by atoms with Gasteiger partial charge in [0.05, 0.1) is 26.4 Å². The van der Waals surface area contributed by atoms with Gasteiger partial charge in [-0.2, -0.15) is 0 Å². The molecule has 1 aromatic heterocycles. The number of aromatic nitrogens is 1. The van der Waals surface area contributed by atoms with Crippen LogP contribution in [0.4, 0.5) is 0 Å². The average Bonchev–Trinajstić information content (AvgIpc) is 3.13. The summed E-state index contributed by atoms with van der Waals surface area (Å²) in [5.74, 6) is 0.197. The molecule has 0 aliphatic heterocycles. The fraction of sp³-hybridized carbons (Fsp3) is 0.200. The molecular weight excluding hydrogens is 357 g/mol. The van der Waals surface area contributed by atoms with Crippen LogP contribution in [0.5, 0.6) is 11.5 Å². The van der Waals surface area contributed by atoms with Crippen LogP contribution >= 0.6 is 0 Å². The van der Waals surface area contributed by atoms with Crippen LogP contribution in [-0.4, -0.2) is 25.3 Å². The first-order valence-electron chi connectivity index (χ1n) is 7.96. The minimum absolute atomic E-state index is 0. The molecule has 0 bridgehead atoms. The number of carbonyl (C=O) groups is 1. The van der Waals surface area contributed by atoms with Gasteiger partial charge in [-0.3, -0.25) is 0 Å². The second kappa shape index (κ2) is 8.61.